The summed E-state index contributed by atoms with van der Waals surface area (Å²) in [6, 6.07) is 4.29. The van der Waals surface area contributed by atoms with Crippen molar-refractivity contribution >= 4 is 5.82 Å². The largest absolute Gasteiger partial charge is 0.433 e. The van der Waals surface area contributed by atoms with Crippen molar-refractivity contribution in [3.63, 3.8) is 0 Å². The highest BCUT2D eigenvalue weighted by Crippen LogP contribution is 2.28. The quantitative estimate of drug-likeness (QED) is 0.858. The van der Waals surface area contributed by atoms with E-state index in [1.807, 2.05) is 0 Å². The Balaban J connectivity index is 2.01. The first kappa shape index (κ1) is 13.1. The molecular formula is C12H16F3N3. The van der Waals surface area contributed by atoms with E-state index in [0.717, 1.165) is 31.7 Å². The number of nitrogens with zero attached hydrogens (tertiary/aromatic N) is 1. The fraction of sp³-hybridized carbons (Fsp3) is 0.583. The minimum absolute atomic E-state index is 0.167. The van der Waals surface area contributed by atoms with Gasteiger partial charge in [-0.1, -0.05) is 6.07 Å². The molecule has 0 unspecified atom stereocenters. The van der Waals surface area contributed by atoms with Gasteiger partial charge in [0.05, 0.1) is 0 Å². The third kappa shape index (κ3) is 3.35. The van der Waals surface area contributed by atoms with Gasteiger partial charge in [0.1, 0.15) is 11.5 Å². The van der Waals surface area contributed by atoms with E-state index in [1.54, 1.807) is 6.07 Å². The summed E-state index contributed by atoms with van der Waals surface area (Å²) in [6.07, 6.45) is -0.849. The van der Waals surface area contributed by atoms with Crippen LogP contribution in [0.1, 0.15) is 31.4 Å². The molecule has 1 aromatic heterocycles. The van der Waals surface area contributed by atoms with Crippen molar-refractivity contribution in [3.8, 4) is 0 Å². The normalized spacial score (nSPS) is 24.9. The maximum Gasteiger partial charge on any atom is 0.433 e. The number of alkyl halides is 3. The molecule has 0 saturated heterocycles. The van der Waals surface area contributed by atoms with Gasteiger partial charge in [-0.05, 0) is 37.8 Å². The van der Waals surface area contributed by atoms with Crippen molar-refractivity contribution in [1.29, 1.82) is 0 Å². The lowest BCUT2D eigenvalue weighted by atomic mass is 9.92. The summed E-state index contributed by atoms with van der Waals surface area (Å²) in [5, 5.41) is 3.05. The predicted octanol–water partition coefficient (Wildman–Crippen LogP) is 2.78. The highest BCUT2D eigenvalue weighted by Gasteiger charge is 2.32. The topological polar surface area (TPSA) is 50.9 Å². The minimum Gasteiger partial charge on any atom is -0.367 e. The van der Waals surface area contributed by atoms with E-state index in [9.17, 15) is 13.2 Å². The van der Waals surface area contributed by atoms with Crippen LogP contribution in [0.5, 0.6) is 0 Å². The molecule has 0 atom stereocenters. The van der Waals surface area contributed by atoms with Crippen LogP contribution in [0, 0.1) is 0 Å². The van der Waals surface area contributed by atoms with Crippen LogP contribution in [0.25, 0.3) is 0 Å². The number of hydrogen-bond donors (Lipinski definition) is 2. The molecule has 3 nitrogen and oxygen atoms in total. The summed E-state index contributed by atoms with van der Waals surface area (Å²) in [5.41, 5.74) is 4.92. The maximum absolute atomic E-state index is 12.5. The number of nitrogens with two attached hydrogens (primary N) is 1. The second-order valence-corrected chi connectivity index (χ2v) is 4.66. The number of aromatic nitrogens is 1. The average molecular weight is 259 g/mol. The molecule has 100 valence electrons. The summed E-state index contributed by atoms with van der Waals surface area (Å²) in [4.78, 5) is 3.59. The number of halogens is 3. The first-order valence-electron chi connectivity index (χ1n) is 6.01. The molecule has 1 aromatic rings. The van der Waals surface area contributed by atoms with Crippen molar-refractivity contribution in [2.24, 2.45) is 5.73 Å². The lowest BCUT2D eigenvalue weighted by Crippen LogP contribution is -2.33. The van der Waals surface area contributed by atoms with Crippen LogP contribution in [0.4, 0.5) is 19.0 Å². The molecule has 1 heterocycles. The molecule has 0 radical (unpaired) electrons. The molecule has 0 aliphatic heterocycles. The number of hydrogen-bond acceptors (Lipinski definition) is 3. The van der Waals surface area contributed by atoms with Gasteiger partial charge in [-0.25, -0.2) is 4.98 Å². The fourth-order valence-corrected chi connectivity index (χ4v) is 2.15. The Kier molecular flexibility index (Phi) is 3.75. The van der Waals surface area contributed by atoms with Gasteiger partial charge in [0.15, 0.2) is 0 Å². The summed E-state index contributed by atoms with van der Waals surface area (Å²) < 4.78 is 37.5. The maximum atomic E-state index is 12.5. The highest BCUT2D eigenvalue weighted by atomic mass is 19.4. The van der Waals surface area contributed by atoms with Gasteiger partial charge >= 0.3 is 6.18 Å². The van der Waals surface area contributed by atoms with Crippen molar-refractivity contribution in [2.75, 3.05) is 5.32 Å². The van der Waals surface area contributed by atoms with Crippen molar-refractivity contribution in [3.05, 3.63) is 23.9 Å². The van der Waals surface area contributed by atoms with Gasteiger partial charge in [-0.2, -0.15) is 13.2 Å². The van der Waals surface area contributed by atoms with E-state index in [-0.39, 0.29) is 17.9 Å². The van der Waals surface area contributed by atoms with Gasteiger partial charge in [0.25, 0.3) is 0 Å². The van der Waals surface area contributed by atoms with E-state index in [0.29, 0.717) is 0 Å². The zero-order chi connectivity index (χ0) is 13.2. The van der Waals surface area contributed by atoms with Gasteiger partial charge in [-0.15, -0.1) is 0 Å². The Bertz CT molecular complexity index is 398. The Morgan fingerprint density at radius 2 is 1.83 bits per heavy atom. The summed E-state index contributed by atoms with van der Waals surface area (Å²) in [7, 11) is 0. The number of anilines is 1. The van der Waals surface area contributed by atoms with Crippen molar-refractivity contribution in [1.82, 2.24) is 4.98 Å². The predicted molar refractivity (Wildman–Crippen MR) is 63.1 cm³/mol. The molecule has 1 aliphatic rings. The minimum atomic E-state index is -4.40. The number of pyridine rings is 1. The van der Waals surface area contributed by atoms with E-state index in [2.05, 4.69) is 10.3 Å². The van der Waals surface area contributed by atoms with Crippen LogP contribution >= 0.6 is 0 Å². The van der Waals surface area contributed by atoms with Gasteiger partial charge in [-0.3, -0.25) is 0 Å². The van der Waals surface area contributed by atoms with Crippen molar-refractivity contribution < 1.29 is 13.2 Å². The number of rotatable bonds is 2. The summed E-state index contributed by atoms with van der Waals surface area (Å²) in [5.74, 6) is 0.283. The van der Waals surface area contributed by atoms with E-state index >= 15 is 0 Å². The molecule has 3 N–H and O–H groups in total. The summed E-state index contributed by atoms with van der Waals surface area (Å²) >= 11 is 0. The van der Waals surface area contributed by atoms with Crippen LogP contribution in [0.2, 0.25) is 0 Å². The molecule has 2 rings (SSSR count). The molecule has 0 spiro atoms. The molecule has 6 heteroatoms. The smallest absolute Gasteiger partial charge is 0.367 e. The monoisotopic (exact) mass is 259 g/mol. The third-order valence-electron chi connectivity index (χ3n) is 3.16. The Hall–Kier alpha value is -1.30. The van der Waals surface area contributed by atoms with Crippen LogP contribution in [0.3, 0.4) is 0 Å². The highest BCUT2D eigenvalue weighted by molar-refractivity contribution is 5.37. The van der Waals surface area contributed by atoms with E-state index in [1.165, 1.54) is 6.07 Å². The van der Waals surface area contributed by atoms with Gasteiger partial charge < -0.3 is 11.1 Å². The lowest BCUT2D eigenvalue weighted by Gasteiger charge is -2.27. The molecular weight excluding hydrogens is 243 g/mol. The Labute approximate surface area is 104 Å². The fourth-order valence-electron chi connectivity index (χ4n) is 2.15. The van der Waals surface area contributed by atoms with Gasteiger partial charge in [0, 0.05) is 12.1 Å². The second-order valence-electron chi connectivity index (χ2n) is 4.66. The van der Waals surface area contributed by atoms with E-state index < -0.39 is 11.9 Å². The standard InChI is InChI=1S/C12H16F3N3/c13-12(14,15)10-2-1-3-11(18-10)17-9-6-4-8(16)5-7-9/h1-3,8-9H,4-7,16H2,(H,17,18). The van der Waals surface area contributed by atoms with Crippen LogP contribution in [-0.4, -0.2) is 17.1 Å². The SMILES string of the molecule is NC1CCC(Nc2cccc(C(F)(F)F)n2)CC1. The van der Waals surface area contributed by atoms with E-state index in [4.69, 9.17) is 5.73 Å². The molecule has 0 bridgehead atoms. The lowest BCUT2D eigenvalue weighted by molar-refractivity contribution is -0.141. The molecule has 1 saturated carbocycles. The molecule has 0 amide bonds. The molecule has 0 aromatic carbocycles. The van der Waals surface area contributed by atoms with Crippen LogP contribution < -0.4 is 11.1 Å². The zero-order valence-corrected chi connectivity index (χ0v) is 9.87. The Morgan fingerprint density at radius 3 is 2.44 bits per heavy atom. The van der Waals surface area contributed by atoms with Crippen molar-refractivity contribution in [2.45, 2.75) is 43.9 Å². The first-order valence-corrected chi connectivity index (χ1v) is 6.01. The molecule has 1 fully saturated rings. The summed E-state index contributed by atoms with van der Waals surface area (Å²) in [6.45, 7) is 0. The first-order chi connectivity index (χ1) is 8.45. The van der Waals surface area contributed by atoms with Gasteiger partial charge in [0.2, 0.25) is 0 Å². The number of nitrogens with one attached hydrogen (secondary N) is 1. The zero-order valence-electron chi connectivity index (χ0n) is 9.87. The second kappa shape index (κ2) is 5.14. The third-order valence-corrected chi connectivity index (χ3v) is 3.16. The Morgan fingerprint density at radius 1 is 1.17 bits per heavy atom. The van der Waals surface area contributed by atoms with Crippen LogP contribution in [-0.2, 0) is 6.18 Å². The van der Waals surface area contributed by atoms with Crippen LogP contribution in [0.15, 0.2) is 18.2 Å². The molecule has 18 heavy (non-hydrogen) atoms. The molecule has 1 aliphatic carbocycles. The average Bonchev–Trinajstić information content (AvgIpc) is 2.31.